The van der Waals surface area contributed by atoms with E-state index in [1.807, 2.05) is 0 Å². The van der Waals surface area contributed by atoms with Crippen LogP contribution in [-0.4, -0.2) is 0 Å². The molecule has 340 valence electrons. The number of fused-ring (bicyclic) bond motifs is 12. The first-order valence-corrected chi connectivity index (χ1v) is 25.4. The van der Waals surface area contributed by atoms with Crippen molar-refractivity contribution in [3.8, 4) is 55.6 Å². The van der Waals surface area contributed by atoms with Crippen molar-refractivity contribution in [3.05, 3.63) is 280 Å². The van der Waals surface area contributed by atoms with Crippen molar-refractivity contribution >= 4 is 17.1 Å². The predicted octanol–water partition coefficient (Wildman–Crippen LogP) is 18.1. The molecule has 0 amide bonds. The highest BCUT2D eigenvalue weighted by atomic mass is 15.1. The summed E-state index contributed by atoms with van der Waals surface area (Å²) in [6.45, 7) is 14.4. The monoisotopic (exact) mass is 909 g/mol. The Hall–Kier alpha value is -8.00. The molecule has 0 bridgehead atoms. The Morgan fingerprint density at radius 2 is 0.606 bits per heavy atom. The van der Waals surface area contributed by atoms with E-state index in [-0.39, 0.29) is 16.2 Å². The van der Waals surface area contributed by atoms with Gasteiger partial charge in [0.1, 0.15) is 0 Å². The highest BCUT2D eigenvalue weighted by Crippen LogP contribution is 2.65. The zero-order valence-electron chi connectivity index (χ0n) is 41.3. The lowest BCUT2D eigenvalue weighted by atomic mass is 9.66. The number of nitrogens with zero attached hydrogens (tertiary/aromatic N) is 1. The first kappa shape index (κ1) is 41.9. The maximum atomic E-state index is 2.62. The molecule has 0 radical (unpaired) electrons. The Morgan fingerprint density at radius 1 is 0.254 bits per heavy atom. The van der Waals surface area contributed by atoms with E-state index in [4.69, 9.17) is 0 Å². The van der Waals surface area contributed by atoms with Gasteiger partial charge in [-0.3, -0.25) is 0 Å². The van der Waals surface area contributed by atoms with Crippen LogP contribution in [0.2, 0.25) is 0 Å². The molecule has 10 aromatic rings. The lowest BCUT2D eigenvalue weighted by Crippen LogP contribution is -2.29. The quantitative estimate of drug-likeness (QED) is 0.161. The first-order valence-electron chi connectivity index (χ1n) is 25.4. The molecule has 71 heavy (non-hydrogen) atoms. The van der Waals surface area contributed by atoms with Crippen molar-refractivity contribution in [2.75, 3.05) is 4.90 Å². The lowest BCUT2D eigenvalue weighted by molar-refractivity contribution is 0.656. The summed E-state index contributed by atoms with van der Waals surface area (Å²) in [5.74, 6) is 0. The van der Waals surface area contributed by atoms with Crippen LogP contribution < -0.4 is 4.90 Å². The number of rotatable bonds is 6. The standard InChI is InChI=1S/C70H55N/c1-67(2)56-31-19-16-28-50(56)52-37-34-47(40-59(52)67)71(48-35-38-53-51-29-17-20-32-57(51)68(3,4)60(53)41-48)49-36-39-55-61(42-49)70(45-24-12-8-13-25-45,46-26-14-9-15-27-46)63-43-62-65(54-30-18-21-33-58(54)69(62,5)6)64(66(55)63)44-22-10-7-11-23-44/h7-43H,1-6H3. The fraction of sp³-hybridized carbons (Fsp3) is 0.143. The minimum atomic E-state index is -0.651. The van der Waals surface area contributed by atoms with E-state index in [1.54, 1.807) is 0 Å². The van der Waals surface area contributed by atoms with Gasteiger partial charge in [-0.25, -0.2) is 0 Å². The van der Waals surface area contributed by atoms with Crippen molar-refractivity contribution in [3.63, 3.8) is 0 Å². The van der Waals surface area contributed by atoms with Crippen LogP contribution in [0.25, 0.3) is 55.6 Å². The molecule has 0 aromatic heterocycles. The molecule has 1 nitrogen and oxygen atoms in total. The van der Waals surface area contributed by atoms with Gasteiger partial charge in [0.25, 0.3) is 0 Å². The van der Waals surface area contributed by atoms with Crippen molar-refractivity contribution in [2.24, 2.45) is 0 Å². The summed E-state index contributed by atoms with van der Waals surface area (Å²) in [6.07, 6.45) is 0. The SMILES string of the molecule is CC1(C)c2ccccc2-c2ccc(N(c3ccc4c(c3)C(C)(C)c3ccccc3-4)c3ccc4c(c3)C(c3ccccc3)(c3ccccc3)c3cc5c(c(-c6ccccc6)c3-4)-c3ccccc3C5(C)C)cc21. The van der Waals surface area contributed by atoms with E-state index < -0.39 is 5.41 Å². The van der Waals surface area contributed by atoms with Crippen LogP contribution in [-0.2, 0) is 21.7 Å². The molecule has 14 rings (SSSR count). The summed E-state index contributed by atoms with van der Waals surface area (Å²) >= 11 is 0. The van der Waals surface area contributed by atoms with Gasteiger partial charge in [0, 0.05) is 33.3 Å². The Kier molecular flexibility index (Phi) is 8.72. The maximum Gasteiger partial charge on any atom is 0.0714 e. The summed E-state index contributed by atoms with van der Waals surface area (Å²) in [7, 11) is 0. The molecule has 0 unspecified atom stereocenters. The van der Waals surface area contributed by atoms with E-state index in [2.05, 4.69) is 271 Å². The average molecular weight is 910 g/mol. The Bertz CT molecular complexity index is 3690. The van der Waals surface area contributed by atoms with Crippen LogP contribution in [0, 0.1) is 0 Å². The second-order valence-electron chi connectivity index (χ2n) is 22.0. The second-order valence-corrected chi connectivity index (χ2v) is 22.0. The molecule has 0 fully saturated rings. The topological polar surface area (TPSA) is 3.24 Å². The van der Waals surface area contributed by atoms with Crippen LogP contribution in [0.3, 0.4) is 0 Å². The number of benzene rings is 10. The molecule has 0 aliphatic heterocycles. The molecule has 0 heterocycles. The maximum absolute atomic E-state index is 2.62. The third-order valence-corrected chi connectivity index (χ3v) is 17.3. The van der Waals surface area contributed by atoms with Crippen LogP contribution in [0.4, 0.5) is 17.1 Å². The van der Waals surface area contributed by atoms with Crippen molar-refractivity contribution < 1.29 is 0 Å². The Morgan fingerprint density at radius 3 is 1.11 bits per heavy atom. The summed E-state index contributed by atoms with van der Waals surface area (Å²) in [6, 6.07) is 85.6. The highest BCUT2D eigenvalue weighted by molar-refractivity contribution is 6.06. The molecule has 4 aliphatic carbocycles. The molecule has 0 N–H and O–H groups in total. The third-order valence-electron chi connectivity index (χ3n) is 17.3. The van der Waals surface area contributed by atoms with E-state index >= 15 is 0 Å². The largest absolute Gasteiger partial charge is 0.310 e. The lowest BCUT2D eigenvalue weighted by Gasteiger charge is -2.36. The van der Waals surface area contributed by atoms with Crippen molar-refractivity contribution in [1.82, 2.24) is 0 Å². The Balaban J connectivity index is 1.09. The number of hydrogen-bond acceptors (Lipinski definition) is 1. The number of hydrogen-bond donors (Lipinski definition) is 0. The van der Waals surface area contributed by atoms with Crippen LogP contribution in [0.15, 0.2) is 224 Å². The van der Waals surface area contributed by atoms with Gasteiger partial charge in [-0.1, -0.05) is 230 Å². The van der Waals surface area contributed by atoms with Crippen molar-refractivity contribution in [2.45, 2.75) is 63.2 Å². The summed E-state index contributed by atoms with van der Waals surface area (Å²) in [5, 5.41) is 0. The van der Waals surface area contributed by atoms with Crippen LogP contribution >= 0.6 is 0 Å². The second kappa shape index (κ2) is 14.8. The van der Waals surface area contributed by atoms with E-state index in [1.165, 1.54) is 111 Å². The Labute approximate surface area is 418 Å². The third kappa shape index (κ3) is 5.58. The minimum absolute atomic E-state index is 0.162. The molecule has 0 saturated heterocycles. The normalized spacial score (nSPS) is 15.9. The van der Waals surface area contributed by atoms with Gasteiger partial charge in [-0.05, 0) is 148 Å². The van der Waals surface area contributed by atoms with E-state index in [9.17, 15) is 0 Å². The van der Waals surface area contributed by atoms with E-state index in [0.29, 0.717) is 0 Å². The first-order chi connectivity index (χ1) is 34.5. The zero-order chi connectivity index (χ0) is 48.0. The van der Waals surface area contributed by atoms with Gasteiger partial charge >= 0.3 is 0 Å². The van der Waals surface area contributed by atoms with Gasteiger partial charge < -0.3 is 4.90 Å². The smallest absolute Gasteiger partial charge is 0.0714 e. The van der Waals surface area contributed by atoms with Gasteiger partial charge in [0.15, 0.2) is 0 Å². The zero-order valence-corrected chi connectivity index (χ0v) is 41.3. The molecule has 0 spiro atoms. The van der Waals surface area contributed by atoms with E-state index in [0.717, 1.165) is 17.1 Å². The van der Waals surface area contributed by atoms with Crippen LogP contribution in [0.5, 0.6) is 0 Å². The molecule has 0 atom stereocenters. The van der Waals surface area contributed by atoms with Gasteiger partial charge in [-0.2, -0.15) is 0 Å². The van der Waals surface area contributed by atoms with Crippen LogP contribution in [0.1, 0.15) is 97.2 Å². The predicted molar refractivity (Wildman–Crippen MR) is 297 cm³/mol. The van der Waals surface area contributed by atoms with Gasteiger partial charge in [0.05, 0.1) is 5.41 Å². The summed E-state index contributed by atoms with van der Waals surface area (Å²) in [5.41, 5.74) is 28.8. The van der Waals surface area contributed by atoms with Gasteiger partial charge in [0.2, 0.25) is 0 Å². The molecular formula is C70H55N. The summed E-state index contributed by atoms with van der Waals surface area (Å²) in [4.78, 5) is 2.56. The molecule has 10 aromatic carbocycles. The molecule has 0 saturated carbocycles. The number of anilines is 3. The highest BCUT2D eigenvalue weighted by Gasteiger charge is 2.51. The molecule has 4 aliphatic rings. The van der Waals surface area contributed by atoms with Crippen molar-refractivity contribution in [1.29, 1.82) is 0 Å². The average Bonchev–Trinajstić information content (AvgIpc) is 4.00. The summed E-state index contributed by atoms with van der Waals surface area (Å²) < 4.78 is 0. The molecule has 1 heteroatoms. The minimum Gasteiger partial charge on any atom is -0.310 e. The fourth-order valence-electron chi connectivity index (χ4n) is 13.9. The van der Waals surface area contributed by atoms with Gasteiger partial charge in [-0.15, -0.1) is 0 Å². The fourth-order valence-corrected chi connectivity index (χ4v) is 13.9. The molecular weight excluding hydrogens is 855 g/mol.